The van der Waals surface area contributed by atoms with Gasteiger partial charge in [0.05, 0.1) is 0 Å². The first-order chi connectivity index (χ1) is 8.15. The van der Waals surface area contributed by atoms with E-state index in [-0.39, 0.29) is 5.82 Å². The smallest absolute Gasteiger partial charge is 0.128 e. The maximum atomic E-state index is 13.6. The van der Waals surface area contributed by atoms with Crippen LogP contribution in [-0.4, -0.2) is 31.1 Å². The van der Waals surface area contributed by atoms with Crippen molar-refractivity contribution in [1.82, 2.24) is 10.2 Å². The Morgan fingerprint density at radius 3 is 2.88 bits per heavy atom. The number of hydrogen-bond acceptors (Lipinski definition) is 2. The van der Waals surface area contributed by atoms with Crippen LogP contribution >= 0.6 is 15.9 Å². The number of nitrogens with one attached hydrogen (secondary N) is 1. The maximum absolute atomic E-state index is 13.6. The standard InChI is InChI=1S/C13H18BrFN2/c1-17(7-6-16-12-4-5-12)9-10-2-3-11(14)8-13(10)15/h2-3,8,12,16H,4-7,9H2,1H3. The highest BCUT2D eigenvalue weighted by Crippen LogP contribution is 2.18. The summed E-state index contributed by atoms with van der Waals surface area (Å²) in [6.07, 6.45) is 2.62. The molecule has 1 aliphatic carbocycles. The van der Waals surface area contributed by atoms with Gasteiger partial charge in [0.1, 0.15) is 5.82 Å². The van der Waals surface area contributed by atoms with Crippen molar-refractivity contribution in [3.63, 3.8) is 0 Å². The Bertz CT molecular complexity index is 380. The largest absolute Gasteiger partial charge is 0.313 e. The predicted molar refractivity (Wildman–Crippen MR) is 71.5 cm³/mol. The molecular weight excluding hydrogens is 283 g/mol. The lowest BCUT2D eigenvalue weighted by molar-refractivity contribution is 0.318. The summed E-state index contributed by atoms with van der Waals surface area (Å²) in [6, 6.07) is 5.98. The Kier molecular flexibility index (Phi) is 4.54. The van der Waals surface area contributed by atoms with Crippen LogP contribution in [0.4, 0.5) is 4.39 Å². The van der Waals surface area contributed by atoms with E-state index in [4.69, 9.17) is 0 Å². The lowest BCUT2D eigenvalue weighted by Gasteiger charge is -2.17. The van der Waals surface area contributed by atoms with E-state index in [0.29, 0.717) is 6.54 Å². The summed E-state index contributed by atoms with van der Waals surface area (Å²) < 4.78 is 14.4. The van der Waals surface area contributed by atoms with Gasteiger partial charge in [-0.3, -0.25) is 0 Å². The highest BCUT2D eigenvalue weighted by Gasteiger charge is 2.19. The lowest BCUT2D eigenvalue weighted by atomic mass is 10.2. The van der Waals surface area contributed by atoms with Gasteiger partial charge in [-0.15, -0.1) is 0 Å². The van der Waals surface area contributed by atoms with Crippen molar-refractivity contribution in [2.75, 3.05) is 20.1 Å². The molecule has 0 heterocycles. The molecule has 0 aromatic heterocycles. The fourth-order valence-electron chi connectivity index (χ4n) is 1.77. The first-order valence-corrected chi connectivity index (χ1v) is 6.80. The Labute approximate surface area is 110 Å². The van der Waals surface area contributed by atoms with Crippen molar-refractivity contribution in [3.05, 3.63) is 34.1 Å². The Hall–Kier alpha value is -0.450. The van der Waals surface area contributed by atoms with Crippen molar-refractivity contribution in [1.29, 1.82) is 0 Å². The average Bonchev–Trinajstić information content (AvgIpc) is 3.06. The van der Waals surface area contributed by atoms with E-state index in [1.807, 2.05) is 19.2 Å². The molecule has 1 aliphatic rings. The van der Waals surface area contributed by atoms with Crippen molar-refractivity contribution >= 4 is 15.9 Å². The van der Waals surface area contributed by atoms with E-state index in [9.17, 15) is 4.39 Å². The Balaban J connectivity index is 1.77. The van der Waals surface area contributed by atoms with Crippen molar-refractivity contribution in [2.45, 2.75) is 25.4 Å². The number of benzene rings is 1. The van der Waals surface area contributed by atoms with E-state index in [2.05, 4.69) is 26.1 Å². The molecule has 1 saturated carbocycles. The number of halogens is 2. The van der Waals surface area contributed by atoms with Gasteiger partial charge in [0.25, 0.3) is 0 Å². The monoisotopic (exact) mass is 300 g/mol. The fourth-order valence-corrected chi connectivity index (χ4v) is 2.10. The molecule has 0 aliphatic heterocycles. The van der Waals surface area contributed by atoms with Crippen LogP contribution in [0.2, 0.25) is 0 Å². The first kappa shape index (κ1) is 13.0. The van der Waals surface area contributed by atoms with Crippen LogP contribution in [0.15, 0.2) is 22.7 Å². The van der Waals surface area contributed by atoms with E-state index < -0.39 is 0 Å². The third-order valence-electron chi connectivity index (χ3n) is 2.96. The minimum atomic E-state index is -0.138. The number of hydrogen-bond donors (Lipinski definition) is 1. The van der Waals surface area contributed by atoms with Gasteiger partial charge in [-0.05, 0) is 32.0 Å². The molecule has 1 N–H and O–H groups in total. The summed E-state index contributed by atoms with van der Waals surface area (Å²) in [5.74, 6) is -0.138. The molecule has 94 valence electrons. The highest BCUT2D eigenvalue weighted by molar-refractivity contribution is 9.10. The fraction of sp³-hybridized carbons (Fsp3) is 0.538. The molecule has 2 rings (SSSR count). The maximum Gasteiger partial charge on any atom is 0.128 e. The van der Waals surface area contributed by atoms with E-state index >= 15 is 0 Å². The van der Waals surface area contributed by atoms with Gasteiger partial charge in [-0.1, -0.05) is 22.0 Å². The molecule has 0 amide bonds. The molecule has 0 unspecified atom stereocenters. The van der Waals surface area contributed by atoms with Gasteiger partial charge in [0.2, 0.25) is 0 Å². The van der Waals surface area contributed by atoms with Crippen LogP contribution < -0.4 is 5.32 Å². The van der Waals surface area contributed by atoms with Crippen molar-refractivity contribution in [2.24, 2.45) is 0 Å². The van der Waals surface area contributed by atoms with Gasteiger partial charge < -0.3 is 10.2 Å². The predicted octanol–water partition coefficient (Wildman–Crippen LogP) is 2.77. The molecule has 1 fully saturated rings. The number of likely N-dealkylation sites (N-methyl/N-ethyl adjacent to an activating group) is 1. The third-order valence-corrected chi connectivity index (χ3v) is 3.45. The summed E-state index contributed by atoms with van der Waals surface area (Å²) in [4.78, 5) is 2.14. The van der Waals surface area contributed by atoms with E-state index in [1.165, 1.54) is 18.9 Å². The number of nitrogens with zero attached hydrogens (tertiary/aromatic N) is 1. The molecule has 4 heteroatoms. The summed E-state index contributed by atoms with van der Waals surface area (Å²) >= 11 is 3.26. The van der Waals surface area contributed by atoms with E-state index in [0.717, 1.165) is 29.2 Å². The van der Waals surface area contributed by atoms with E-state index in [1.54, 1.807) is 0 Å². The summed E-state index contributed by atoms with van der Waals surface area (Å²) in [5, 5.41) is 3.45. The van der Waals surface area contributed by atoms with Crippen LogP contribution in [0, 0.1) is 5.82 Å². The summed E-state index contributed by atoms with van der Waals surface area (Å²) in [6.45, 7) is 2.59. The molecule has 1 aromatic rings. The second-order valence-corrected chi connectivity index (χ2v) is 5.62. The second-order valence-electron chi connectivity index (χ2n) is 4.70. The second kappa shape index (κ2) is 5.94. The Morgan fingerprint density at radius 1 is 1.47 bits per heavy atom. The normalized spacial score (nSPS) is 15.5. The molecule has 2 nitrogen and oxygen atoms in total. The van der Waals surface area contributed by atoms with Gasteiger partial charge in [0, 0.05) is 35.7 Å². The van der Waals surface area contributed by atoms with Crippen LogP contribution in [-0.2, 0) is 6.54 Å². The molecule has 0 saturated heterocycles. The van der Waals surface area contributed by atoms with Gasteiger partial charge in [-0.25, -0.2) is 4.39 Å². The zero-order valence-electron chi connectivity index (χ0n) is 10.0. The molecule has 0 atom stereocenters. The topological polar surface area (TPSA) is 15.3 Å². The van der Waals surface area contributed by atoms with Crippen LogP contribution in [0.5, 0.6) is 0 Å². The quantitative estimate of drug-likeness (QED) is 0.869. The summed E-state index contributed by atoms with van der Waals surface area (Å²) in [5.41, 5.74) is 0.752. The van der Waals surface area contributed by atoms with Crippen molar-refractivity contribution < 1.29 is 4.39 Å². The third kappa shape index (κ3) is 4.37. The van der Waals surface area contributed by atoms with Gasteiger partial charge in [0.15, 0.2) is 0 Å². The molecule has 0 radical (unpaired) electrons. The lowest BCUT2D eigenvalue weighted by Crippen LogP contribution is -2.30. The summed E-state index contributed by atoms with van der Waals surface area (Å²) in [7, 11) is 2.02. The highest BCUT2D eigenvalue weighted by atomic mass is 79.9. The zero-order chi connectivity index (χ0) is 12.3. The molecular formula is C13H18BrFN2. The Morgan fingerprint density at radius 2 is 2.24 bits per heavy atom. The molecule has 17 heavy (non-hydrogen) atoms. The molecule has 0 spiro atoms. The van der Waals surface area contributed by atoms with Crippen LogP contribution in [0.1, 0.15) is 18.4 Å². The zero-order valence-corrected chi connectivity index (χ0v) is 11.6. The minimum absolute atomic E-state index is 0.138. The van der Waals surface area contributed by atoms with Crippen molar-refractivity contribution in [3.8, 4) is 0 Å². The molecule has 1 aromatic carbocycles. The minimum Gasteiger partial charge on any atom is -0.313 e. The van der Waals surface area contributed by atoms with Gasteiger partial charge >= 0.3 is 0 Å². The van der Waals surface area contributed by atoms with Gasteiger partial charge in [-0.2, -0.15) is 0 Å². The van der Waals surface area contributed by atoms with Crippen LogP contribution in [0.3, 0.4) is 0 Å². The SMILES string of the molecule is CN(CCNC1CC1)Cc1ccc(Br)cc1F. The molecule has 0 bridgehead atoms. The first-order valence-electron chi connectivity index (χ1n) is 6.01. The average molecular weight is 301 g/mol. The number of rotatable bonds is 6. The van der Waals surface area contributed by atoms with Crippen LogP contribution in [0.25, 0.3) is 0 Å².